The van der Waals surface area contributed by atoms with E-state index < -0.39 is 43.6 Å². The van der Waals surface area contributed by atoms with Crippen LogP contribution < -0.4 is 15.8 Å². The summed E-state index contributed by atoms with van der Waals surface area (Å²) in [4.78, 5) is 25.5. The predicted octanol–water partition coefficient (Wildman–Crippen LogP) is 3.23. The van der Waals surface area contributed by atoms with Gasteiger partial charge in [-0.05, 0) is 57.9 Å². The molecule has 2 aliphatic rings. The first-order chi connectivity index (χ1) is 14.9. The fourth-order valence-electron chi connectivity index (χ4n) is 4.41. The van der Waals surface area contributed by atoms with Crippen molar-refractivity contribution in [1.29, 1.82) is 0 Å². The lowest BCUT2D eigenvalue weighted by molar-refractivity contribution is 0.102. The van der Waals surface area contributed by atoms with Crippen LogP contribution in [0.1, 0.15) is 48.9 Å². The third kappa shape index (κ3) is 3.26. The quantitative estimate of drug-likeness (QED) is 0.553. The zero-order chi connectivity index (χ0) is 23.5. The smallest absolute Gasteiger partial charge is 0.275 e. The topological polar surface area (TPSA) is 126 Å². The Morgan fingerprint density at radius 3 is 2.75 bits per heavy atom. The molecule has 4 heterocycles. The van der Waals surface area contributed by atoms with E-state index in [-0.39, 0.29) is 23.0 Å². The fourth-order valence-corrected chi connectivity index (χ4v) is 7.76. The number of carbonyl (C=O) groups excluding carboxylic acids is 1. The summed E-state index contributed by atoms with van der Waals surface area (Å²) in [6.07, 6.45) is 1.52. The molecule has 2 aromatic rings. The number of aryl methyl sites for hydroxylation is 1. The second kappa shape index (κ2) is 7.46. The Labute approximate surface area is 186 Å². The molecule has 0 aromatic carbocycles. The normalized spacial score (nSPS) is 30.7. The Hall–Kier alpha value is -2.63. The number of halogens is 2. The van der Waals surface area contributed by atoms with Gasteiger partial charge >= 0.3 is 0 Å². The largest absolute Gasteiger partial charge is 0.386 e. The molecule has 1 saturated heterocycles. The highest BCUT2D eigenvalue weighted by molar-refractivity contribution is 8.29. The molecular formula is C21H26F2N6O2S. The Bertz CT molecular complexity index is 1140. The van der Waals surface area contributed by atoms with Gasteiger partial charge in [0.05, 0.1) is 16.2 Å². The molecule has 2 aromatic heterocycles. The number of aromatic nitrogens is 2. The van der Waals surface area contributed by atoms with Crippen LogP contribution in [0.5, 0.6) is 0 Å². The fraction of sp³-hybridized carbons (Fsp3) is 0.429. The van der Waals surface area contributed by atoms with Crippen molar-refractivity contribution in [2.24, 2.45) is 10.7 Å². The summed E-state index contributed by atoms with van der Waals surface area (Å²) >= 11 is 0. The van der Waals surface area contributed by atoms with Crippen LogP contribution >= 0.6 is 10.5 Å². The first-order valence-corrected chi connectivity index (χ1v) is 11.8. The van der Waals surface area contributed by atoms with Gasteiger partial charge in [0.25, 0.3) is 5.91 Å². The van der Waals surface area contributed by atoms with Gasteiger partial charge in [-0.15, -0.1) is 0 Å². The summed E-state index contributed by atoms with van der Waals surface area (Å²) in [5, 5.41) is 2.16. The molecule has 2 aliphatic heterocycles. The molecule has 1 fully saturated rings. The number of nitrogens with one attached hydrogen (secondary N) is 2. The van der Waals surface area contributed by atoms with E-state index in [1.54, 1.807) is 13.8 Å². The van der Waals surface area contributed by atoms with Crippen molar-refractivity contribution in [2.75, 3.05) is 11.9 Å². The van der Waals surface area contributed by atoms with Crippen molar-refractivity contribution >= 4 is 28.1 Å². The minimum absolute atomic E-state index is 0.0165. The second-order valence-corrected chi connectivity index (χ2v) is 11.9. The van der Waals surface area contributed by atoms with Crippen LogP contribution in [0.2, 0.25) is 0 Å². The predicted molar refractivity (Wildman–Crippen MR) is 121 cm³/mol. The van der Waals surface area contributed by atoms with E-state index in [9.17, 15) is 13.7 Å². The maximum atomic E-state index is 15.0. The monoisotopic (exact) mass is 464 g/mol. The summed E-state index contributed by atoms with van der Waals surface area (Å²) in [6.45, 7) is 7.46. The van der Waals surface area contributed by atoms with Crippen molar-refractivity contribution in [2.45, 2.75) is 49.7 Å². The van der Waals surface area contributed by atoms with Crippen LogP contribution in [0.25, 0.3) is 0 Å². The number of nitrogens with two attached hydrogens (primary N) is 1. The van der Waals surface area contributed by atoms with Crippen molar-refractivity contribution in [3.63, 3.8) is 0 Å². The van der Waals surface area contributed by atoms with Crippen molar-refractivity contribution in [3.05, 3.63) is 53.0 Å². The van der Waals surface area contributed by atoms with Gasteiger partial charge in [-0.25, -0.2) is 18.7 Å². The van der Waals surface area contributed by atoms with E-state index in [2.05, 4.69) is 25.0 Å². The Morgan fingerprint density at radius 2 is 2.06 bits per heavy atom. The van der Waals surface area contributed by atoms with E-state index in [4.69, 9.17) is 5.73 Å². The number of fused-ring (bicyclic) bond motifs is 1. The van der Waals surface area contributed by atoms with Gasteiger partial charge in [-0.3, -0.25) is 14.5 Å². The highest BCUT2D eigenvalue weighted by Crippen LogP contribution is 2.67. The Kier molecular flexibility index (Phi) is 5.26. The number of hydrogen-bond donors (Lipinski definition) is 4. The number of pyridine rings is 2. The van der Waals surface area contributed by atoms with Crippen LogP contribution in [0.3, 0.4) is 0 Å². The number of anilines is 1. The summed E-state index contributed by atoms with van der Waals surface area (Å²) in [5.74, 6) is -1.47. The minimum atomic E-state index is -2.48. The molecule has 3 atom stereocenters. The van der Waals surface area contributed by atoms with Crippen LogP contribution in [-0.2, 0) is 5.54 Å². The highest BCUT2D eigenvalue weighted by Gasteiger charge is 2.61. The van der Waals surface area contributed by atoms with E-state index in [0.29, 0.717) is 18.5 Å². The highest BCUT2D eigenvalue weighted by atomic mass is 32.3. The maximum absolute atomic E-state index is 15.0. The number of aliphatic imine (C=N–C) groups is 1. The minimum Gasteiger partial charge on any atom is -0.386 e. The van der Waals surface area contributed by atoms with Gasteiger partial charge in [0.1, 0.15) is 40.2 Å². The molecule has 4 rings (SSSR count). The van der Waals surface area contributed by atoms with Gasteiger partial charge < -0.3 is 15.6 Å². The van der Waals surface area contributed by atoms with Crippen molar-refractivity contribution in [1.82, 2.24) is 14.7 Å². The van der Waals surface area contributed by atoms with Gasteiger partial charge in [-0.1, -0.05) is 10.5 Å². The molecule has 8 nitrogen and oxygen atoms in total. The van der Waals surface area contributed by atoms with Crippen LogP contribution in [0.15, 0.2) is 29.4 Å². The number of amides is 1. The first kappa shape index (κ1) is 22.6. The average molecular weight is 465 g/mol. The summed E-state index contributed by atoms with van der Waals surface area (Å²) in [6, 6.07) is 3.71. The van der Waals surface area contributed by atoms with E-state index in [1.807, 2.05) is 13.8 Å². The number of rotatable bonds is 3. The van der Waals surface area contributed by atoms with E-state index in [1.165, 1.54) is 18.2 Å². The van der Waals surface area contributed by atoms with Gasteiger partial charge in [-0.2, -0.15) is 0 Å². The SMILES string of the molecule is Cc1cc(F)cnc1C(=O)Nc1ccc(F)c([C@@]2(C)N=C(N)C(C)(C)S3(O)NCC[C@H]23)n1. The second-order valence-electron chi connectivity index (χ2n) is 8.75. The molecule has 0 bridgehead atoms. The zero-order valence-corrected chi connectivity index (χ0v) is 19.1. The summed E-state index contributed by atoms with van der Waals surface area (Å²) in [7, 11) is -2.48. The summed E-state index contributed by atoms with van der Waals surface area (Å²) in [5.41, 5.74) is 5.39. The number of carbonyl (C=O) groups is 1. The van der Waals surface area contributed by atoms with Crippen molar-refractivity contribution < 1.29 is 18.1 Å². The molecule has 0 radical (unpaired) electrons. The lowest BCUT2D eigenvalue weighted by atomic mass is 9.90. The molecule has 32 heavy (non-hydrogen) atoms. The molecule has 11 heteroatoms. The maximum Gasteiger partial charge on any atom is 0.275 e. The number of amidine groups is 1. The molecular weight excluding hydrogens is 438 g/mol. The number of nitrogens with zero attached hydrogens (tertiary/aromatic N) is 3. The van der Waals surface area contributed by atoms with Crippen molar-refractivity contribution in [3.8, 4) is 0 Å². The molecule has 0 aliphatic carbocycles. The van der Waals surface area contributed by atoms with Crippen LogP contribution in [0, 0.1) is 18.6 Å². The van der Waals surface area contributed by atoms with Gasteiger partial charge in [0, 0.05) is 6.54 Å². The summed E-state index contributed by atoms with van der Waals surface area (Å²) < 4.78 is 42.3. The van der Waals surface area contributed by atoms with Gasteiger partial charge in [0.15, 0.2) is 0 Å². The lowest BCUT2D eigenvalue weighted by Crippen LogP contribution is -2.57. The Morgan fingerprint density at radius 1 is 1.34 bits per heavy atom. The Balaban J connectivity index is 1.74. The van der Waals surface area contributed by atoms with Gasteiger partial charge in [0.2, 0.25) is 0 Å². The lowest BCUT2D eigenvalue weighted by Gasteiger charge is -2.55. The van der Waals surface area contributed by atoms with E-state index >= 15 is 4.39 Å². The zero-order valence-electron chi connectivity index (χ0n) is 18.2. The third-order valence-corrected chi connectivity index (χ3v) is 10.3. The third-order valence-electron chi connectivity index (χ3n) is 6.34. The average Bonchev–Trinajstić information content (AvgIpc) is 3.13. The first-order valence-electron chi connectivity index (χ1n) is 10.2. The molecule has 172 valence electrons. The van der Waals surface area contributed by atoms with E-state index in [0.717, 1.165) is 6.20 Å². The van der Waals surface area contributed by atoms with Crippen LogP contribution in [-0.4, -0.2) is 42.8 Å². The van der Waals surface area contributed by atoms with Crippen LogP contribution in [0.4, 0.5) is 14.6 Å². The standard InChI is InChI=1S/C21H26F2N6O2S/c1-11-9-12(22)10-25-16(11)18(30)28-15-6-5-13(23)17(27-15)21(4)14-7-8-26-32(14,31)20(2,3)19(24)29-21/h5-6,9-10,14,26,31H,7-8H2,1-4H3,(H2,24,29)(H,27,28,30)/t14-,21+/m1/s1. The molecule has 0 spiro atoms. The number of hydrogen-bond acceptors (Lipinski definition) is 7. The molecule has 1 unspecified atom stereocenters. The molecule has 5 N–H and O–H groups in total. The molecule has 1 amide bonds. The molecule has 0 saturated carbocycles.